The summed E-state index contributed by atoms with van der Waals surface area (Å²) in [6, 6.07) is 22.5. The van der Waals surface area contributed by atoms with E-state index in [4.69, 9.17) is 4.74 Å². The predicted octanol–water partition coefficient (Wildman–Crippen LogP) is 6.84. The first kappa shape index (κ1) is 18.2. The number of rotatable bonds is 5. The van der Waals surface area contributed by atoms with Crippen molar-refractivity contribution in [2.75, 3.05) is 0 Å². The van der Waals surface area contributed by atoms with Gasteiger partial charge in [-0.1, -0.05) is 49.4 Å². The molecule has 0 fully saturated rings. The third kappa shape index (κ3) is 4.15. The van der Waals surface area contributed by atoms with Crippen LogP contribution in [0, 0.1) is 11.3 Å². The molecule has 0 heterocycles. The molecule has 0 aliphatic carbocycles. The van der Waals surface area contributed by atoms with E-state index in [2.05, 4.69) is 53.2 Å². The van der Waals surface area contributed by atoms with Gasteiger partial charge in [0.25, 0.3) is 0 Å². The summed E-state index contributed by atoms with van der Waals surface area (Å²) < 4.78 is 6.77. The van der Waals surface area contributed by atoms with Crippen LogP contribution in [-0.4, -0.2) is 6.10 Å². The maximum atomic E-state index is 9.63. The second-order valence-corrected chi connectivity index (χ2v) is 7.11. The Morgan fingerprint density at radius 3 is 2.58 bits per heavy atom. The van der Waals surface area contributed by atoms with Crippen LogP contribution in [-0.2, 0) is 0 Å². The lowest BCUT2D eigenvalue weighted by Crippen LogP contribution is -2.09. The molecule has 3 aromatic carbocycles. The molecule has 130 valence electrons. The first-order valence-corrected chi connectivity index (χ1v) is 9.47. The first-order chi connectivity index (χ1) is 12.6. The summed E-state index contributed by atoms with van der Waals surface area (Å²) in [4.78, 5) is 0. The summed E-state index contributed by atoms with van der Waals surface area (Å²) >= 11 is 3.57. The maximum Gasteiger partial charge on any atom is 0.133 e. The van der Waals surface area contributed by atoms with E-state index < -0.39 is 0 Å². The molecule has 1 atom stereocenters. The van der Waals surface area contributed by atoms with Crippen LogP contribution < -0.4 is 4.74 Å². The largest absolute Gasteiger partial charge is 0.490 e. The molecule has 26 heavy (non-hydrogen) atoms. The van der Waals surface area contributed by atoms with Crippen LogP contribution in [0.4, 0.5) is 0 Å². The van der Waals surface area contributed by atoms with Gasteiger partial charge in [0.1, 0.15) is 5.75 Å². The molecule has 0 saturated carbocycles. The van der Waals surface area contributed by atoms with Crippen LogP contribution >= 0.6 is 15.9 Å². The molecule has 2 nitrogen and oxygen atoms in total. The molecule has 0 aromatic heterocycles. The molecule has 0 aliphatic heterocycles. The highest BCUT2D eigenvalue weighted by Crippen LogP contribution is 2.29. The van der Waals surface area contributed by atoms with Crippen LogP contribution in [0.1, 0.15) is 31.4 Å². The number of hydrogen-bond donors (Lipinski definition) is 0. The zero-order valence-electron chi connectivity index (χ0n) is 14.9. The van der Waals surface area contributed by atoms with Crippen molar-refractivity contribution >= 4 is 38.4 Å². The molecule has 0 spiro atoms. The molecule has 3 heteroatoms. The van der Waals surface area contributed by atoms with Crippen molar-refractivity contribution in [2.45, 2.75) is 26.4 Å². The number of allylic oxidation sites excluding steroid dienone is 1. The fourth-order valence-corrected chi connectivity index (χ4v) is 3.20. The summed E-state index contributed by atoms with van der Waals surface area (Å²) in [5.74, 6) is 0.820. The van der Waals surface area contributed by atoms with Gasteiger partial charge in [0.2, 0.25) is 0 Å². The van der Waals surface area contributed by atoms with Crippen LogP contribution in [0.5, 0.6) is 5.75 Å². The molecule has 0 N–H and O–H groups in total. The minimum atomic E-state index is 0.167. The zero-order valence-corrected chi connectivity index (χ0v) is 16.5. The number of halogens is 1. The van der Waals surface area contributed by atoms with Crippen molar-refractivity contribution in [3.63, 3.8) is 0 Å². The highest BCUT2D eigenvalue weighted by atomic mass is 79.9. The lowest BCUT2D eigenvalue weighted by atomic mass is 10.0. The Hall–Kier alpha value is -2.57. The first-order valence-electron chi connectivity index (χ1n) is 8.68. The highest BCUT2D eigenvalue weighted by Gasteiger charge is 2.07. The number of benzene rings is 3. The van der Waals surface area contributed by atoms with Crippen LogP contribution in [0.25, 0.3) is 22.4 Å². The van der Waals surface area contributed by atoms with Crippen molar-refractivity contribution < 1.29 is 4.74 Å². The lowest BCUT2D eigenvalue weighted by molar-refractivity contribution is 0.216. The quantitative estimate of drug-likeness (QED) is 0.343. The molecule has 3 aromatic rings. The summed E-state index contributed by atoms with van der Waals surface area (Å²) in [7, 11) is 0. The van der Waals surface area contributed by atoms with Gasteiger partial charge in [-0.15, -0.1) is 0 Å². The monoisotopic (exact) mass is 405 g/mol. The number of nitrogens with zero attached hydrogens (tertiary/aromatic N) is 1. The number of hydrogen-bond acceptors (Lipinski definition) is 2. The van der Waals surface area contributed by atoms with Crippen LogP contribution in [0.2, 0.25) is 0 Å². The van der Waals surface area contributed by atoms with Crippen molar-refractivity contribution in [1.29, 1.82) is 5.26 Å². The van der Waals surface area contributed by atoms with Gasteiger partial charge in [-0.3, -0.25) is 0 Å². The Bertz CT molecular complexity index is 1000. The summed E-state index contributed by atoms with van der Waals surface area (Å²) in [6.07, 6.45) is 3.02. The molecule has 0 amide bonds. The smallest absolute Gasteiger partial charge is 0.133 e. The Balaban J connectivity index is 1.93. The van der Waals surface area contributed by atoms with Gasteiger partial charge < -0.3 is 4.74 Å². The Kier molecular flexibility index (Phi) is 5.75. The summed E-state index contributed by atoms with van der Waals surface area (Å²) in [6.45, 7) is 4.15. The minimum Gasteiger partial charge on any atom is -0.490 e. The average molecular weight is 406 g/mol. The lowest BCUT2D eigenvalue weighted by Gasteiger charge is -2.14. The number of nitriles is 1. The molecule has 0 radical (unpaired) electrons. The number of ether oxygens (including phenoxy) is 1. The highest BCUT2D eigenvalue weighted by molar-refractivity contribution is 9.10. The van der Waals surface area contributed by atoms with Crippen molar-refractivity contribution in [2.24, 2.45) is 0 Å². The van der Waals surface area contributed by atoms with Gasteiger partial charge in [-0.05, 0) is 75.4 Å². The Morgan fingerprint density at radius 1 is 1.12 bits per heavy atom. The predicted molar refractivity (Wildman–Crippen MR) is 112 cm³/mol. The van der Waals surface area contributed by atoms with Gasteiger partial charge in [0.05, 0.1) is 22.2 Å². The molecule has 0 aliphatic rings. The third-order valence-electron chi connectivity index (χ3n) is 4.35. The fourth-order valence-electron chi connectivity index (χ4n) is 2.71. The normalized spacial score (nSPS) is 12.6. The molecular weight excluding hydrogens is 386 g/mol. The molecule has 3 rings (SSSR count). The SMILES string of the molecule is CCC(C)Oc1ccc(C=C(C#N)c2ccc3ccccc3c2)cc1Br. The topological polar surface area (TPSA) is 33.0 Å². The second-order valence-electron chi connectivity index (χ2n) is 6.26. The average Bonchev–Trinajstić information content (AvgIpc) is 2.67. The number of fused-ring (bicyclic) bond motifs is 1. The van der Waals surface area contributed by atoms with E-state index in [0.717, 1.165) is 33.2 Å². The minimum absolute atomic E-state index is 0.167. The van der Waals surface area contributed by atoms with E-state index in [1.165, 1.54) is 5.39 Å². The fraction of sp³-hybridized carbons (Fsp3) is 0.174. The third-order valence-corrected chi connectivity index (χ3v) is 4.97. The van der Waals surface area contributed by atoms with Crippen LogP contribution in [0.3, 0.4) is 0 Å². The maximum absolute atomic E-state index is 9.63. The second kappa shape index (κ2) is 8.21. The van der Waals surface area contributed by atoms with E-state index in [0.29, 0.717) is 5.57 Å². The van der Waals surface area contributed by atoms with Gasteiger partial charge in [-0.2, -0.15) is 5.26 Å². The van der Waals surface area contributed by atoms with E-state index >= 15 is 0 Å². The van der Waals surface area contributed by atoms with E-state index in [1.54, 1.807) is 0 Å². The van der Waals surface area contributed by atoms with Crippen molar-refractivity contribution in [3.8, 4) is 11.8 Å². The van der Waals surface area contributed by atoms with E-state index in [1.807, 2.05) is 49.4 Å². The van der Waals surface area contributed by atoms with Gasteiger partial charge >= 0.3 is 0 Å². The Labute approximate surface area is 162 Å². The van der Waals surface area contributed by atoms with E-state index in [-0.39, 0.29) is 6.10 Å². The molecule has 1 unspecified atom stereocenters. The zero-order chi connectivity index (χ0) is 18.5. The standard InChI is InChI=1S/C23H20BrNO/c1-3-16(2)26-23-11-8-17(13-22(23)24)12-21(15-25)20-10-9-18-6-4-5-7-19(18)14-20/h4-14,16H,3H2,1-2H3. The van der Waals surface area contributed by atoms with Gasteiger partial charge in [0.15, 0.2) is 0 Å². The molecular formula is C23H20BrNO. The van der Waals surface area contributed by atoms with Crippen LogP contribution in [0.15, 0.2) is 65.1 Å². The Morgan fingerprint density at radius 2 is 1.88 bits per heavy atom. The van der Waals surface area contributed by atoms with Crippen molar-refractivity contribution in [3.05, 3.63) is 76.3 Å². The summed E-state index contributed by atoms with van der Waals surface area (Å²) in [5, 5.41) is 11.9. The molecule has 0 saturated heterocycles. The van der Waals surface area contributed by atoms with Gasteiger partial charge in [-0.25, -0.2) is 0 Å². The van der Waals surface area contributed by atoms with Gasteiger partial charge in [0, 0.05) is 0 Å². The summed E-state index contributed by atoms with van der Waals surface area (Å²) in [5.41, 5.74) is 2.51. The van der Waals surface area contributed by atoms with Crippen molar-refractivity contribution in [1.82, 2.24) is 0 Å². The van der Waals surface area contributed by atoms with E-state index in [9.17, 15) is 5.26 Å². The molecule has 0 bridgehead atoms.